The molecule has 3 aliphatic rings. The van der Waals surface area contributed by atoms with E-state index in [1.165, 1.54) is 0 Å². The van der Waals surface area contributed by atoms with E-state index >= 15 is 0 Å². The van der Waals surface area contributed by atoms with Gasteiger partial charge in [0, 0.05) is 29.9 Å². The minimum atomic E-state index is -0.153. The van der Waals surface area contributed by atoms with Crippen LogP contribution in [-0.4, -0.2) is 12.6 Å². The smallest absolute Gasteiger partial charge is 0.231 e. The zero-order valence-electron chi connectivity index (χ0n) is 14.5. The average molecular weight is 356 g/mol. The Morgan fingerprint density at radius 2 is 1.70 bits per heavy atom. The number of ketones is 1. The van der Waals surface area contributed by atoms with Gasteiger partial charge in [0.2, 0.25) is 6.79 Å². The van der Waals surface area contributed by atoms with Crippen molar-refractivity contribution in [3.63, 3.8) is 0 Å². The Labute approximate surface area is 156 Å². The Morgan fingerprint density at radius 1 is 0.852 bits per heavy atom. The number of carbonyl (C=O) groups is 1. The van der Waals surface area contributed by atoms with E-state index < -0.39 is 0 Å². The molecule has 27 heavy (non-hydrogen) atoms. The van der Waals surface area contributed by atoms with Crippen molar-refractivity contribution in [1.29, 1.82) is 0 Å². The fraction of sp³-hybridized carbons (Fsp3) is 0.174. The molecule has 3 aromatic rings. The van der Waals surface area contributed by atoms with E-state index in [1.54, 1.807) is 0 Å². The summed E-state index contributed by atoms with van der Waals surface area (Å²) in [6.45, 7) is 0.235. The Kier molecular flexibility index (Phi) is 2.95. The second-order valence-corrected chi connectivity index (χ2v) is 7.11. The molecular formula is C23H16O4. The third-order valence-electron chi connectivity index (χ3n) is 5.65. The molecule has 4 nitrogen and oxygen atoms in total. The Hall–Kier alpha value is -3.27. The summed E-state index contributed by atoms with van der Waals surface area (Å²) in [5.74, 6) is 3.14. The van der Waals surface area contributed by atoms with Gasteiger partial charge in [0.25, 0.3) is 0 Å². The second kappa shape index (κ2) is 5.36. The quantitative estimate of drug-likeness (QED) is 0.633. The average Bonchev–Trinajstić information content (AvgIpc) is 3.32. The first-order chi connectivity index (χ1) is 13.3. The predicted molar refractivity (Wildman–Crippen MR) is 100 cm³/mol. The topological polar surface area (TPSA) is 44.8 Å². The maximum Gasteiger partial charge on any atom is 0.231 e. The maximum absolute atomic E-state index is 12.8. The standard InChI is InChI=1S/C23H16O4/c24-16-7-10-19-23(16)21(14-6-8-17-20(11-14)26-12-25-17)22-15-4-2-1-3-13(15)5-9-18(22)27-19/h1-6,8-9,11,21H,7,10,12H2. The van der Waals surface area contributed by atoms with Gasteiger partial charge in [0.1, 0.15) is 11.5 Å². The molecule has 0 radical (unpaired) electrons. The summed E-state index contributed by atoms with van der Waals surface area (Å²) in [5, 5.41) is 2.25. The molecule has 1 atom stereocenters. The van der Waals surface area contributed by atoms with Gasteiger partial charge in [0.15, 0.2) is 17.3 Å². The van der Waals surface area contributed by atoms with Crippen molar-refractivity contribution >= 4 is 16.6 Å². The Balaban J connectivity index is 1.65. The van der Waals surface area contributed by atoms with Crippen LogP contribution >= 0.6 is 0 Å². The highest BCUT2D eigenvalue weighted by Crippen LogP contribution is 2.51. The highest BCUT2D eigenvalue weighted by Gasteiger charge is 2.39. The minimum Gasteiger partial charge on any atom is -0.461 e. The van der Waals surface area contributed by atoms with Crippen molar-refractivity contribution in [1.82, 2.24) is 0 Å². The van der Waals surface area contributed by atoms with E-state index in [-0.39, 0.29) is 18.5 Å². The SMILES string of the molecule is O=C1CCC2=C1C(c1ccc3c(c1)OCO3)c1c(ccc3ccccc13)O2. The number of fused-ring (bicyclic) bond motifs is 4. The van der Waals surface area contributed by atoms with Crippen LogP contribution in [0.25, 0.3) is 10.8 Å². The summed E-state index contributed by atoms with van der Waals surface area (Å²) < 4.78 is 17.2. The summed E-state index contributed by atoms with van der Waals surface area (Å²) >= 11 is 0. The lowest BCUT2D eigenvalue weighted by Crippen LogP contribution is -2.18. The first-order valence-corrected chi connectivity index (χ1v) is 9.15. The maximum atomic E-state index is 12.8. The number of carbonyl (C=O) groups excluding carboxylic acids is 1. The van der Waals surface area contributed by atoms with Crippen molar-refractivity contribution in [3.05, 3.63) is 77.1 Å². The molecule has 2 aliphatic heterocycles. The van der Waals surface area contributed by atoms with E-state index in [1.807, 2.05) is 36.4 Å². The van der Waals surface area contributed by atoms with Crippen molar-refractivity contribution in [3.8, 4) is 17.2 Å². The zero-order chi connectivity index (χ0) is 18.0. The fourth-order valence-electron chi connectivity index (χ4n) is 4.45. The van der Waals surface area contributed by atoms with Gasteiger partial charge in [-0.15, -0.1) is 0 Å². The molecule has 0 amide bonds. The van der Waals surface area contributed by atoms with Gasteiger partial charge in [-0.1, -0.05) is 36.4 Å². The highest BCUT2D eigenvalue weighted by molar-refractivity contribution is 6.03. The lowest BCUT2D eigenvalue weighted by Gasteiger charge is -2.29. The monoisotopic (exact) mass is 356 g/mol. The number of Topliss-reactive ketones (excluding diaryl/α,β-unsaturated/α-hetero) is 1. The Bertz CT molecular complexity index is 1160. The molecule has 0 bridgehead atoms. The van der Waals surface area contributed by atoms with Crippen LogP contribution < -0.4 is 14.2 Å². The zero-order valence-corrected chi connectivity index (χ0v) is 14.5. The van der Waals surface area contributed by atoms with Crippen molar-refractivity contribution in [2.75, 3.05) is 6.79 Å². The molecule has 4 heteroatoms. The highest BCUT2D eigenvalue weighted by atomic mass is 16.7. The summed E-state index contributed by atoms with van der Waals surface area (Å²) in [4.78, 5) is 12.8. The van der Waals surface area contributed by atoms with Crippen LogP contribution in [0.15, 0.2) is 65.9 Å². The van der Waals surface area contributed by atoms with Crippen LogP contribution in [0, 0.1) is 0 Å². The van der Waals surface area contributed by atoms with Gasteiger partial charge in [0.05, 0.1) is 0 Å². The predicted octanol–water partition coefficient (Wildman–Crippen LogP) is 4.71. The van der Waals surface area contributed by atoms with Crippen LogP contribution in [0.1, 0.15) is 29.9 Å². The number of ether oxygens (including phenoxy) is 3. The molecule has 0 fully saturated rings. The summed E-state index contributed by atoms with van der Waals surface area (Å²) in [5.41, 5.74) is 2.88. The van der Waals surface area contributed by atoms with Crippen LogP contribution in [0.4, 0.5) is 0 Å². The van der Waals surface area contributed by atoms with Gasteiger partial charge in [-0.05, 0) is 34.5 Å². The molecule has 0 saturated carbocycles. The largest absolute Gasteiger partial charge is 0.461 e. The first-order valence-electron chi connectivity index (χ1n) is 9.15. The number of hydrogen-bond acceptors (Lipinski definition) is 4. The molecular weight excluding hydrogens is 340 g/mol. The Morgan fingerprint density at radius 3 is 2.67 bits per heavy atom. The van der Waals surface area contributed by atoms with Crippen LogP contribution in [0.5, 0.6) is 17.2 Å². The van der Waals surface area contributed by atoms with Gasteiger partial charge in [-0.3, -0.25) is 4.79 Å². The summed E-state index contributed by atoms with van der Waals surface area (Å²) in [6, 6.07) is 18.3. The van der Waals surface area contributed by atoms with E-state index in [2.05, 4.69) is 18.2 Å². The van der Waals surface area contributed by atoms with E-state index in [0.717, 1.165) is 50.5 Å². The third kappa shape index (κ3) is 2.07. The van der Waals surface area contributed by atoms with Crippen molar-refractivity contribution < 1.29 is 19.0 Å². The minimum absolute atomic E-state index is 0.153. The van der Waals surface area contributed by atoms with Crippen molar-refractivity contribution in [2.24, 2.45) is 0 Å². The van der Waals surface area contributed by atoms with Crippen molar-refractivity contribution in [2.45, 2.75) is 18.8 Å². The lowest BCUT2D eigenvalue weighted by atomic mass is 9.80. The lowest BCUT2D eigenvalue weighted by molar-refractivity contribution is -0.115. The van der Waals surface area contributed by atoms with Gasteiger partial charge in [-0.2, -0.15) is 0 Å². The number of allylic oxidation sites excluding steroid dienone is 2. The fourth-order valence-corrected chi connectivity index (χ4v) is 4.45. The van der Waals surface area contributed by atoms with Gasteiger partial charge >= 0.3 is 0 Å². The molecule has 0 N–H and O–H groups in total. The second-order valence-electron chi connectivity index (χ2n) is 7.11. The number of rotatable bonds is 1. The normalized spacial score (nSPS) is 19.9. The third-order valence-corrected chi connectivity index (χ3v) is 5.65. The molecule has 1 aliphatic carbocycles. The molecule has 6 rings (SSSR count). The van der Waals surface area contributed by atoms with Crippen LogP contribution in [0.3, 0.4) is 0 Å². The van der Waals surface area contributed by atoms with Crippen LogP contribution in [0.2, 0.25) is 0 Å². The first kappa shape index (κ1) is 14.9. The molecule has 1 unspecified atom stereocenters. The van der Waals surface area contributed by atoms with Gasteiger partial charge in [-0.25, -0.2) is 0 Å². The molecule has 0 aromatic heterocycles. The number of hydrogen-bond donors (Lipinski definition) is 0. The molecule has 132 valence electrons. The number of benzene rings is 3. The van der Waals surface area contributed by atoms with E-state index in [0.29, 0.717) is 12.8 Å². The van der Waals surface area contributed by atoms with E-state index in [9.17, 15) is 4.79 Å². The summed E-state index contributed by atoms with van der Waals surface area (Å²) in [6.07, 6.45) is 1.18. The van der Waals surface area contributed by atoms with Gasteiger partial charge < -0.3 is 14.2 Å². The van der Waals surface area contributed by atoms with E-state index in [4.69, 9.17) is 14.2 Å². The molecule has 3 aromatic carbocycles. The molecule has 0 saturated heterocycles. The summed E-state index contributed by atoms with van der Waals surface area (Å²) in [7, 11) is 0. The molecule has 0 spiro atoms. The molecule has 2 heterocycles. The van der Waals surface area contributed by atoms with Crippen LogP contribution in [-0.2, 0) is 4.79 Å².